The van der Waals surface area contributed by atoms with Crippen LogP contribution in [-0.2, 0) is 26.2 Å². The molecule has 3 rings (SSSR count). The van der Waals surface area contributed by atoms with Crippen molar-refractivity contribution >= 4 is 50.7 Å². The third-order valence-electron chi connectivity index (χ3n) is 6.48. The Bertz CT molecular complexity index is 1480. The zero-order valence-electron chi connectivity index (χ0n) is 23.1. The second kappa shape index (κ2) is 13.4. The Balaban J connectivity index is 2.15. The van der Waals surface area contributed by atoms with E-state index in [4.69, 9.17) is 27.9 Å². The SMILES string of the molecule is CC[C@H](C(=O)NC)N(Cc1ccc(Cl)cc1Cl)C(=O)CN(c1cc(C)ccc1OC)S(=O)(=O)c1ccc(C)cc1. The minimum Gasteiger partial charge on any atom is -0.495 e. The molecule has 0 aliphatic heterocycles. The number of aryl methyl sites for hydroxylation is 2. The number of anilines is 1. The third kappa shape index (κ3) is 7.08. The van der Waals surface area contributed by atoms with E-state index < -0.39 is 28.5 Å². The molecule has 0 bridgehead atoms. The smallest absolute Gasteiger partial charge is 0.264 e. The summed E-state index contributed by atoms with van der Waals surface area (Å²) in [7, 11) is -1.32. The molecule has 11 heteroatoms. The van der Waals surface area contributed by atoms with E-state index in [1.807, 2.05) is 13.8 Å². The standard InChI is InChI=1S/C29H33Cl2N3O5S/c1-6-25(29(36)32-4)33(17-21-10-11-22(30)16-24(21)31)28(35)18-34(26-15-20(3)9-14-27(26)39-5)40(37,38)23-12-7-19(2)8-13-23/h7-16,25H,6,17-18H2,1-5H3,(H,32,36)/t25-/m1/s1. The molecule has 0 aromatic heterocycles. The summed E-state index contributed by atoms with van der Waals surface area (Å²) in [6.07, 6.45) is 0.287. The highest BCUT2D eigenvalue weighted by atomic mass is 35.5. The lowest BCUT2D eigenvalue weighted by Crippen LogP contribution is -2.51. The van der Waals surface area contributed by atoms with Gasteiger partial charge < -0.3 is 15.0 Å². The van der Waals surface area contributed by atoms with Crippen molar-refractivity contribution in [2.75, 3.05) is 25.0 Å². The average molecular weight is 607 g/mol. The van der Waals surface area contributed by atoms with Crippen molar-refractivity contribution in [1.82, 2.24) is 10.2 Å². The summed E-state index contributed by atoms with van der Waals surface area (Å²) in [5.74, 6) is -0.706. The lowest BCUT2D eigenvalue weighted by Gasteiger charge is -2.33. The molecule has 8 nitrogen and oxygen atoms in total. The predicted octanol–water partition coefficient (Wildman–Crippen LogP) is 5.37. The van der Waals surface area contributed by atoms with Gasteiger partial charge in [0.25, 0.3) is 10.0 Å². The van der Waals surface area contributed by atoms with Gasteiger partial charge in [0, 0.05) is 23.6 Å². The highest BCUT2D eigenvalue weighted by Crippen LogP contribution is 2.34. The molecule has 0 aliphatic carbocycles. The fourth-order valence-electron chi connectivity index (χ4n) is 4.27. The summed E-state index contributed by atoms with van der Waals surface area (Å²) in [5, 5.41) is 3.34. The molecule has 0 fully saturated rings. The van der Waals surface area contributed by atoms with E-state index >= 15 is 0 Å². The number of benzene rings is 3. The lowest BCUT2D eigenvalue weighted by molar-refractivity contribution is -0.140. The van der Waals surface area contributed by atoms with Gasteiger partial charge in [0.2, 0.25) is 11.8 Å². The number of methoxy groups -OCH3 is 1. The first-order valence-electron chi connectivity index (χ1n) is 12.6. The molecule has 3 aromatic carbocycles. The number of carbonyl (C=O) groups excluding carboxylic acids is 2. The molecule has 0 unspecified atom stereocenters. The Morgan fingerprint density at radius 2 is 1.62 bits per heavy atom. The van der Waals surface area contributed by atoms with E-state index in [9.17, 15) is 18.0 Å². The first-order chi connectivity index (χ1) is 18.9. The zero-order chi connectivity index (χ0) is 29.6. The van der Waals surface area contributed by atoms with Gasteiger partial charge in [-0.2, -0.15) is 0 Å². The maximum Gasteiger partial charge on any atom is 0.264 e. The van der Waals surface area contributed by atoms with Crippen molar-refractivity contribution in [2.24, 2.45) is 0 Å². The lowest BCUT2D eigenvalue weighted by atomic mass is 10.1. The van der Waals surface area contributed by atoms with Crippen molar-refractivity contribution in [3.63, 3.8) is 0 Å². The number of carbonyl (C=O) groups is 2. The van der Waals surface area contributed by atoms with Crippen LogP contribution >= 0.6 is 23.2 Å². The van der Waals surface area contributed by atoms with Gasteiger partial charge in [0.05, 0.1) is 17.7 Å². The molecule has 0 saturated heterocycles. The summed E-state index contributed by atoms with van der Waals surface area (Å²) in [6.45, 7) is 4.81. The summed E-state index contributed by atoms with van der Waals surface area (Å²) < 4.78 is 34.6. The van der Waals surface area contributed by atoms with Crippen LogP contribution in [0.15, 0.2) is 65.6 Å². The maximum absolute atomic E-state index is 14.1. The molecule has 1 atom stereocenters. The maximum atomic E-state index is 14.1. The van der Waals surface area contributed by atoms with E-state index in [1.54, 1.807) is 55.5 Å². The van der Waals surface area contributed by atoms with Crippen molar-refractivity contribution in [3.8, 4) is 5.75 Å². The van der Waals surface area contributed by atoms with Gasteiger partial charge in [-0.3, -0.25) is 13.9 Å². The number of hydrogen-bond acceptors (Lipinski definition) is 5. The second-order valence-corrected chi connectivity index (χ2v) is 12.0. The largest absolute Gasteiger partial charge is 0.495 e. The molecule has 0 saturated carbocycles. The molecule has 0 spiro atoms. The van der Waals surface area contributed by atoms with Gasteiger partial charge in [0.1, 0.15) is 18.3 Å². The number of ether oxygens (including phenoxy) is 1. The van der Waals surface area contributed by atoms with Crippen LogP contribution in [0.25, 0.3) is 0 Å². The quantitative estimate of drug-likeness (QED) is 0.317. The van der Waals surface area contributed by atoms with Crippen LogP contribution in [0.5, 0.6) is 5.75 Å². The van der Waals surface area contributed by atoms with Gasteiger partial charge in [0.15, 0.2) is 0 Å². The van der Waals surface area contributed by atoms with E-state index in [0.29, 0.717) is 15.6 Å². The van der Waals surface area contributed by atoms with Crippen molar-refractivity contribution in [1.29, 1.82) is 0 Å². The monoisotopic (exact) mass is 605 g/mol. The third-order valence-corrected chi connectivity index (χ3v) is 8.84. The predicted molar refractivity (Wildman–Crippen MR) is 159 cm³/mol. The van der Waals surface area contributed by atoms with Gasteiger partial charge in [-0.25, -0.2) is 8.42 Å². The number of likely N-dealkylation sites (N-methyl/N-ethyl adjacent to an activating group) is 1. The average Bonchev–Trinajstić information content (AvgIpc) is 2.92. The van der Waals surface area contributed by atoms with Gasteiger partial charge in [-0.1, -0.05) is 60.0 Å². The Hall–Kier alpha value is -3.27. The first-order valence-corrected chi connectivity index (χ1v) is 14.8. The molecule has 0 aliphatic rings. The van der Waals surface area contributed by atoms with Crippen LogP contribution in [0, 0.1) is 13.8 Å². The number of nitrogens with zero attached hydrogens (tertiary/aromatic N) is 2. The molecule has 0 heterocycles. The van der Waals surface area contributed by atoms with Crippen LogP contribution < -0.4 is 14.4 Å². The van der Waals surface area contributed by atoms with E-state index in [1.165, 1.54) is 31.2 Å². The Morgan fingerprint density at radius 1 is 0.975 bits per heavy atom. The fourth-order valence-corrected chi connectivity index (χ4v) is 6.15. The van der Waals surface area contributed by atoms with Crippen LogP contribution in [0.3, 0.4) is 0 Å². The Kier molecular flexibility index (Phi) is 10.5. The summed E-state index contributed by atoms with van der Waals surface area (Å²) in [6, 6.07) is 15.4. The van der Waals surface area contributed by atoms with Crippen molar-refractivity contribution in [2.45, 2.75) is 44.7 Å². The normalized spacial score (nSPS) is 12.0. The number of halogens is 2. The zero-order valence-corrected chi connectivity index (χ0v) is 25.4. The molecular weight excluding hydrogens is 573 g/mol. The molecule has 214 valence electrons. The van der Waals surface area contributed by atoms with E-state index in [0.717, 1.165) is 15.4 Å². The van der Waals surface area contributed by atoms with E-state index in [2.05, 4.69) is 5.32 Å². The summed E-state index contributed by atoms with van der Waals surface area (Å²) in [5.41, 5.74) is 2.42. The van der Waals surface area contributed by atoms with Crippen LogP contribution in [-0.4, -0.2) is 51.9 Å². The number of rotatable bonds is 11. The van der Waals surface area contributed by atoms with Crippen LogP contribution in [0.4, 0.5) is 5.69 Å². The minimum atomic E-state index is -4.23. The topological polar surface area (TPSA) is 96.0 Å². The van der Waals surface area contributed by atoms with E-state index in [-0.39, 0.29) is 35.2 Å². The highest BCUT2D eigenvalue weighted by Gasteiger charge is 2.34. The first kappa shape index (κ1) is 31.3. The van der Waals surface area contributed by atoms with Gasteiger partial charge in [-0.15, -0.1) is 0 Å². The fraction of sp³-hybridized carbons (Fsp3) is 0.310. The van der Waals surface area contributed by atoms with Crippen molar-refractivity contribution in [3.05, 3.63) is 87.4 Å². The Labute approximate surface area is 245 Å². The number of hydrogen-bond donors (Lipinski definition) is 1. The molecule has 0 radical (unpaired) electrons. The number of nitrogens with one attached hydrogen (secondary N) is 1. The van der Waals surface area contributed by atoms with Gasteiger partial charge in [-0.05, 0) is 67.8 Å². The second-order valence-electron chi connectivity index (χ2n) is 9.30. The number of sulfonamides is 1. The minimum absolute atomic E-state index is 0.0140. The van der Waals surface area contributed by atoms with Gasteiger partial charge >= 0.3 is 0 Å². The van der Waals surface area contributed by atoms with Crippen LogP contribution in [0.2, 0.25) is 10.0 Å². The molecule has 1 N–H and O–H groups in total. The van der Waals surface area contributed by atoms with Crippen LogP contribution in [0.1, 0.15) is 30.0 Å². The highest BCUT2D eigenvalue weighted by molar-refractivity contribution is 7.92. The molecule has 40 heavy (non-hydrogen) atoms. The molecule has 3 aromatic rings. The Morgan fingerprint density at radius 3 is 2.20 bits per heavy atom. The summed E-state index contributed by atoms with van der Waals surface area (Å²) >= 11 is 12.5. The molecule has 2 amide bonds. The number of amides is 2. The summed E-state index contributed by atoms with van der Waals surface area (Å²) in [4.78, 5) is 28.3. The molecular formula is C29H33Cl2N3O5S. The van der Waals surface area contributed by atoms with Crippen molar-refractivity contribution < 1.29 is 22.7 Å².